The summed E-state index contributed by atoms with van der Waals surface area (Å²) in [4.78, 5) is 29.0. The van der Waals surface area contributed by atoms with Gasteiger partial charge in [-0.3, -0.25) is 4.79 Å². The topological polar surface area (TPSA) is 61.8 Å². The van der Waals surface area contributed by atoms with Crippen LogP contribution in [0.25, 0.3) is 0 Å². The standard InChI is InChI=1S/C23H37N5O2/c1-26(2)21-15-20(18-14-22(29)28(16-18)12-13-30-3)24-23(25-21)17-8-10-27(11-9-17)19-6-4-5-7-19/h15,17-19H,4-14,16H2,1-3H3. The first kappa shape index (κ1) is 21.5. The van der Waals surface area contributed by atoms with Crippen molar-refractivity contribution in [3.8, 4) is 0 Å². The van der Waals surface area contributed by atoms with E-state index in [1.165, 1.54) is 25.7 Å². The quantitative estimate of drug-likeness (QED) is 0.682. The molecule has 1 saturated carbocycles. The van der Waals surface area contributed by atoms with Gasteiger partial charge < -0.3 is 19.4 Å². The fourth-order valence-corrected chi connectivity index (χ4v) is 5.27. The van der Waals surface area contributed by atoms with Crippen molar-refractivity contribution < 1.29 is 9.53 Å². The van der Waals surface area contributed by atoms with E-state index in [9.17, 15) is 4.79 Å². The molecule has 166 valence electrons. The van der Waals surface area contributed by atoms with Gasteiger partial charge >= 0.3 is 0 Å². The van der Waals surface area contributed by atoms with Crippen molar-refractivity contribution in [3.05, 3.63) is 17.6 Å². The molecule has 4 rings (SSSR count). The zero-order chi connectivity index (χ0) is 21.1. The first-order valence-electron chi connectivity index (χ1n) is 11.6. The molecule has 30 heavy (non-hydrogen) atoms. The number of anilines is 1. The number of carbonyl (C=O) groups is 1. The van der Waals surface area contributed by atoms with Crippen LogP contribution in [0.15, 0.2) is 6.07 Å². The molecule has 1 aromatic heterocycles. The van der Waals surface area contributed by atoms with Crippen LogP contribution in [0.1, 0.15) is 68.3 Å². The highest BCUT2D eigenvalue weighted by atomic mass is 16.5. The van der Waals surface area contributed by atoms with Crippen LogP contribution in [0.2, 0.25) is 0 Å². The molecule has 7 heteroatoms. The van der Waals surface area contributed by atoms with Crippen LogP contribution in [0.5, 0.6) is 0 Å². The van der Waals surface area contributed by atoms with Crippen LogP contribution in [-0.4, -0.2) is 85.7 Å². The van der Waals surface area contributed by atoms with Crippen molar-refractivity contribution in [2.75, 3.05) is 58.9 Å². The number of amides is 1. The minimum Gasteiger partial charge on any atom is -0.383 e. The molecular formula is C23H37N5O2. The smallest absolute Gasteiger partial charge is 0.223 e. The summed E-state index contributed by atoms with van der Waals surface area (Å²) in [6, 6.07) is 2.88. The number of rotatable bonds is 7. The number of aromatic nitrogens is 2. The lowest BCUT2D eigenvalue weighted by Gasteiger charge is -2.35. The Hall–Kier alpha value is -1.73. The molecule has 0 radical (unpaired) electrons. The van der Waals surface area contributed by atoms with Crippen LogP contribution < -0.4 is 4.90 Å². The Morgan fingerprint density at radius 2 is 1.83 bits per heavy atom. The molecule has 2 aliphatic heterocycles. The molecule has 1 aliphatic carbocycles. The van der Waals surface area contributed by atoms with Gasteiger partial charge in [0, 0.05) is 64.7 Å². The summed E-state index contributed by atoms with van der Waals surface area (Å²) in [6.45, 7) is 4.28. The van der Waals surface area contributed by atoms with Gasteiger partial charge in [-0.05, 0) is 38.8 Å². The molecule has 0 spiro atoms. The van der Waals surface area contributed by atoms with E-state index < -0.39 is 0 Å². The van der Waals surface area contributed by atoms with Crippen LogP contribution in [0, 0.1) is 0 Å². The van der Waals surface area contributed by atoms with Crippen LogP contribution >= 0.6 is 0 Å². The van der Waals surface area contributed by atoms with Gasteiger partial charge in [0.1, 0.15) is 11.6 Å². The van der Waals surface area contributed by atoms with Crippen LogP contribution in [-0.2, 0) is 9.53 Å². The molecule has 1 unspecified atom stereocenters. The minimum atomic E-state index is 0.147. The molecular weight excluding hydrogens is 378 g/mol. The highest BCUT2D eigenvalue weighted by Crippen LogP contribution is 2.34. The predicted octanol–water partition coefficient (Wildman–Crippen LogP) is 2.63. The summed E-state index contributed by atoms with van der Waals surface area (Å²) in [5.41, 5.74) is 1.02. The third kappa shape index (κ3) is 4.78. The molecule has 0 aromatic carbocycles. The van der Waals surface area contributed by atoms with Crippen molar-refractivity contribution >= 4 is 11.7 Å². The zero-order valence-corrected chi connectivity index (χ0v) is 18.8. The number of hydrogen-bond acceptors (Lipinski definition) is 6. The van der Waals surface area contributed by atoms with Gasteiger partial charge in [-0.25, -0.2) is 9.97 Å². The normalized spacial score (nSPS) is 24.2. The van der Waals surface area contributed by atoms with E-state index in [-0.39, 0.29) is 11.8 Å². The summed E-state index contributed by atoms with van der Waals surface area (Å²) in [5, 5.41) is 0. The van der Waals surface area contributed by atoms with Gasteiger partial charge in [0.2, 0.25) is 5.91 Å². The number of hydrogen-bond donors (Lipinski definition) is 0. The van der Waals surface area contributed by atoms with Crippen LogP contribution in [0.3, 0.4) is 0 Å². The number of piperidine rings is 1. The van der Waals surface area contributed by atoms with Crippen molar-refractivity contribution in [1.82, 2.24) is 19.8 Å². The van der Waals surface area contributed by atoms with E-state index in [1.54, 1.807) is 7.11 Å². The minimum absolute atomic E-state index is 0.147. The first-order chi connectivity index (χ1) is 14.5. The fourth-order valence-electron chi connectivity index (χ4n) is 5.27. The van der Waals surface area contributed by atoms with Crippen LogP contribution in [0.4, 0.5) is 5.82 Å². The highest BCUT2D eigenvalue weighted by molar-refractivity contribution is 5.79. The Bertz CT molecular complexity index is 726. The first-order valence-corrected chi connectivity index (χ1v) is 11.6. The summed E-state index contributed by atoms with van der Waals surface area (Å²) in [6.07, 6.45) is 8.33. The third-order valence-corrected chi connectivity index (χ3v) is 7.14. The number of methoxy groups -OCH3 is 1. The average Bonchev–Trinajstić information content (AvgIpc) is 3.42. The molecule has 3 heterocycles. The van der Waals surface area contributed by atoms with E-state index >= 15 is 0 Å². The molecule has 0 N–H and O–H groups in total. The van der Waals surface area contributed by atoms with E-state index in [1.807, 2.05) is 19.0 Å². The third-order valence-electron chi connectivity index (χ3n) is 7.14. The molecule has 0 bridgehead atoms. The molecule has 1 atom stereocenters. The van der Waals surface area contributed by atoms with Gasteiger partial charge in [0.15, 0.2) is 0 Å². The number of carbonyl (C=O) groups excluding carboxylic acids is 1. The van der Waals surface area contributed by atoms with E-state index in [4.69, 9.17) is 14.7 Å². The maximum atomic E-state index is 12.4. The SMILES string of the molecule is COCCN1CC(c2cc(N(C)C)nc(C3CCN(C4CCCC4)CC3)n2)CC1=O. The van der Waals surface area contributed by atoms with Gasteiger partial charge in [0.25, 0.3) is 0 Å². The van der Waals surface area contributed by atoms with E-state index in [2.05, 4.69) is 15.9 Å². The van der Waals surface area contributed by atoms with Crippen molar-refractivity contribution in [1.29, 1.82) is 0 Å². The Labute approximate surface area is 180 Å². The maximum absolute atomic E-state index is 12.4. The largest absolute Gasteiger partial charge is 0.383 e. The Morgan fingerprint density at radius 3 is 2.50 bits per heavy atom. The maximum Gasteiger partial charge on any atom is 0.223 e. The second-order valence-corrected chi connectivity index (χ2v) is 9.39. The lowest BCUT2D eigenvalue weighted by Crippen LogP contribution is -2.39. The highest BCUT2D eigenvalue weighted by Gasteiger charge is 2.33. The second kappa shape index (κ2) is 9.60. The molecule has 2 saturated heterocycles. The zero-order valence-electron chi connectivity index (χ0n) is 18.8. The molecule has 3 aliphatic rings. The van der Waals surface area contributed by atoms with Gasteiger partial charge in [-0.2, -0.15) is 0 Å². The van der Waals surface area contributed by atoms with Crippen molar-refractivity contribution in [2.45, 2.75) is 62.8 Å². The molecule has 3 fully saturated rings. The molecule has 1 aromatic rings. The summed E-state index contributed by atoms with van der Waals surface area (Å²) in [7, 11) is 5.74. The lowest BCUT2D eigenvalue weighted by atomic mass is 9.94. The fraction of sp³-hybridized carbons (Fsp3) is 0.783. The Morgan fingerprint density at radius 1 is 1.10 bits per heavy atom. The lowest BCUT2D eigenvalue weighted by molar-refractivity contribution is -0.128. The molecule has 7 nitrogen and oxygen atoms in total. The number of nitrogens with zero attached hydrogens (tertiary/aromatic N) is 5. The average molecular weight is 416 g/mol. The predicted molar refractivity (Wildman–Crippen MR) is 118 cm³/mol. The monoisotopic (exact) mass is 415 g/mol. The van der Waals surface area contributed by atoms with Gasteiger partial charge in [-0.1, -0.05) is 12.8 Å². The number of likely N-dealkylation sites (tertiary alicyclic amines) is 2. The summed E-state index contributed by atoms with van der Waals surface area (Å²) >= 11 is 0. The van der Waals surface area contributed by atoms with Crippen molar-refractivity contribution in [2.24, 2.45) is 0 Å². The summed E-state index contributed by atoms with van der Waals surface area (Å²) < 4.78 is 5.16. The molecule has 1 amide bonds. The Balaban J connectivity index is 1.47. The number of ether oxygens (including phenoxy) is 1. The van der Waals surface area contributed by atoms with E-state index in [0.717, 1.165) is 55.9 Å². The van der Waals surface area contributed by atoms with Gasteiger partial charge in [-0.15, -0.1) is 0 Å². The van der Waals surface area contributed by atoms with E-state index in [0.29, 0.717) is 25.5 Å². The van der Waals surface area contributed by atoms with Crippen molar-refractivity contribution in [3.63, 3.8) is 0 Å². The Kier molecular flexibility index (Phi) is 6.88. The van der Waals surface area contributed by atoms with Gasteiger partial charge in [0.05, 0.1) is 12.3 Å². The second-order valence-electron chi connectivity index (χ2n) is 9.39. The summed E-state index contributed by atoms with van der Waals surface area (Å²) in [5.74, 6) is 2.70.